The Morgan fingerprint density at radius 1 is 1.58 bits per heavy atom. The van der Waals surface area contributed by atoms with Crippen LogP contribution < -0.4 is 0 Å². The largest absolute Gasteiger partial charge is 0.395 e. The molecule has 0 saturated carbocycles. The van der Waals surface area contributed by atoms with Crippen LogP contribution in [0.5, 0.6) is 0 Å². The highest BCUT2D eigenvalue weighted by Crippen LogP contribution is 2.16. The Bertz CT molecular complexity index is 176. The summed E-state index contributed by atoms with van der Waals surface area (Å²) >= 11 is 0. The van der Waals surface area contributed by atoms with Crippen molar-refractivity contribution in [2.45, 2.75) is 25.0 Å². The van der Waals surface area contributed by atoms with Crippen molar-refractivity contribution >= 4 is 0 Å². The Balaban J connectivity index is 2.36. The minimum Gasteiger partial charge on any atom is -0.395 e. The molecule has 2 unspecified atom stereocenters. The summed E-state index contributed by atoms with van der Waals surface area (Å²) in [5.41, 5.74) is 0. The van der Waals surface area contributed by atoms with E-state index in [0.29, 0.717) is 19.4 Å². The fourth-order valence-electron chi connectivity index (χ4n) is 1.63. The summed E-state index contributed by atoms with van der Waals surface area (Å²) in [6.45, 7) is 1.54. The Morgan fingerprint density at radius 3 is 2.92 bits per heavy atom. The molecule has 0 aromatic heterocycles. The third-order valence-electron chi connectivity index (χ3n) is 2.26. The topological polar surface area (TPSA) is 43.7 Å². The van der Waals surface area contributed by atoms with Gasteiger partial charge in [-0.1, -0.05) is 0 Å². The van der Waals surface area contributed by atoms with Crippen molar-refractivity contribution in [1.29, 1.82) is 0 Å². The van der Waals surface area contributed by atoms with Crippen LogP contribution >= 0.6 is 0 Å². The van der Waals surface area contributed by atoms with E-state index in [2.05, 4.69) is 5.92 Å². The molecule has 1 fully saturated rings. The van der Waals surface area contributed by atoms with Crippen molar-refractivity contribution in [2.75, 3.05) is 19.7 Å². The van der Waals surface area contributed by atoms with E-state index in [1.54, 1.807) is 0 Å². The van der Waals surface area contributed by atoms with Gasteiger partial charge in [0.05, 0.1) is 12.7 Å². The van der Waals surface area contributed by atoms with Crippen LogP contribution in [-0.2, 0) is 0 Å². The van der Waals surface area contributed by atoms with E-state index >= 15 is 0 Å². The Labute approximate surface area is 73.0 Å². The van der Waals surface area contributed by atoms with Gasteiger partial charge in [-0.15, -0.1) is 12.3 Å². The van der Waals surface area contributed by atoms with Gasteiger partial charge in [0.1, 0.15) is 0 Å². The summed E-state index contributed by atoms with van der Waals surface area (Å²) in [6, 6.07) is 0.105. The second kappa shape index (κ2) is 4.46. The highest BCUT2D eigenvalue weighted by atomic mass is 16.3. The molecule has 0 aromatic carbocycles. The predicted molar refractivity (Wildman–Crippen MR) is 46.5 cm³/mol. The number of β-amino-alcohol motifs (C(OH)–C–C–N with tert-alkyl or cyclic N) is 1. The molecule has 0 aliphatic carbocycles. The van der Waals surface area contributed by atoms with Crippen LogP contribution in [0.25, 0.3) is 0 Å². The van der Waals surface area contributed by atoms with Gasteiger partial charge in [-0.3, -0.25) is 4.90 Å². The van der Waals surface area contributed by atoms with Crippen molar-refractivity contribution < 1.29 is 10.2 Å². The number of aliphatic hydroxyl groups is 2. The zero-order valence-electron chi connectivity index (χ0n) is 7.11. The van der Waals surface area contributed by atoms with Crippen molar-refractivity contribution in [3.8, 4) is 12.3 Å². The zero-order valence-corrected chi connectivity index (χ0v) is 7.11. The first-order valence-electron chi connectivity index (χ1n) is 4.24. The van der Waals surface area contributed by atoms with E-state index in [1.807, 2.05) is 4.90 Å². The first-order valence-corrected chi connectivity index (χ1v) is 4.24. The van der Waals surface area contributed by atoms with E-state index in [9.17, 15) is 5.11 Å². The maximum absolute atomic E-state index is 9.30. The van der Waals surface area contributed by atoms with Gasteiger partial charge < -0.3 is 10.2 Å². The summed E-state index contributed by atoms with van der Waals surface area (Å²) in [6.07, 6.45) is 6.19. The summed E-state index contributed by atoms with van der Waals surface area (Å²) < 4.78 is 0. The second-order valence-electron chi connectivity index (χ2n) is 3.17. The molecule has 3 nitrogen and oxygen atoms in total. The lowest BCUT2D eigenvalue weighted by molar-refractivity contribution is 0.158. The van der Waals surface area contributed by atoms with E-state index in [-0.39, 0.29) is 18.8 Å². The molecule has 0 amide bonds. The van der Waals surface area contributed by atoms with Crippen molar-refractivity contribution in [1.82, 2.24) is 4.90 Å². The smallest absolute Gasteiger partial charge is 0.0683 e. The second-order valence-corrected chi connectivity index (χ2v) is 3.17. The maximum atomic E-state index is 9.30. The number of terminal acetylenes is 1. The lowest BCUT2D eigenvalue weighted by Gasteiger charge is -2.20. The minimum absolute atomic E-state index is 0.105. The van der Waals surface area contributed by atoms with Crippen LogP contribution in [0.1, 0.15) is 12.8 Å². The Hall–Kier alpha value is -0.560. The SMILES string of the molecule is C#CCCN1CC(O)CC1CO. The van der Waals surface area contributed by atoms with Gasteiger partial charge in [0.25, 0.3) is 0 Å². The molecule has 1 heterocycles. The molecular weight excluding hydrogens is 154 g/mol. The average molecular weight is 169 g/mol. The van der Waals surface area contributed by atoms with Crippen molar-refractivity contribution in [3.63, 3.8) is 0 Å². The number of nitrogens with zero attached hydrogens (tertiary/aromatic N) is 1. The molecule has 12 heavy (non-hydrogen) atoms. The van der Waals surface area contributed by atoms with Crippen LogP contribution in [0.2, 0.25) is 0 Å². The van der Waals surface area contributed by atoms with Gasteiger partial charge in [-0.25, -0.2) is 0 Å². The number of hydrogen-bond donors (Lipinski definition) is 2. The molecule has 0 aromatic rings. The van der Waals surface area contributed by atoms with E-state index in [4.69, 9.17) is 11.5 Å². The molecule has 1 rings (SSSR count). The standard InChI is InChI=1S/C9H15NO2/c1-2-3-4-10-6-9(12)5-8(10)7-11/h1,8-9,11-12H,3-7H2. The highest BCUT2D eigenvalue weighted by Gasteiger charge is 2.29. The lowest BCUT2D eigenvalue weighted by Crippen LogP contribution is -2.33. The molecule has 0 spiro atoms. The number of aliphatic hydroxyl groups excluding tert-OH is 2. The van der Waals surface area contributed by atoms with Gasteiger partial charge in [-0.05, 0) is 6.42 Å². The Kier molecular flexibility index (Phi) is 3.54. The summed E-state index contributed by atoms with van der Waals surface area (Å²) in [5.74, 6) is 2.55. The van der Waals surface area contributed by atoms with Gasteiger partial charge >= 0.3 is 0 Å². The fourth-order valence-corrected chi connectivity index (χ4v) is 1.63. The quantitative estimate of drug-likeness (QED) is 0.556. The van der Waals surface area contributed by atoms with Crippen LogP contribution in [-0.4, -0.2) is 47.0 Å². The van der Waals surface area contributed by atoms with Crippen LogP contribution in [0.15, 0.2) is 0 Å². The van der Waals surface area contributed by atoms with Gasteiger partial charge in [0, 0.05) is 25.6 Å². The molecule has 1 aliphatic heterocycles. The van der Waals surface area contributed by atoms with Crippen LogP contribution in [0, 0.1) is 12.3 Å². The van der Waals surface area contributed by atoms with Gasteiger partial charge in [0.2, 0.25) is 0 Å². The van der Waals surface area contributed by atoms with E-state index in [0.717, 1.165) is 6.54 Å². The molecule has 0 radical (unpaired) electrons. The molecule has 68 valence electrons. The normalized spacial score (nSPS) is 30.4. The predicted octanol–water partition coefficient (Wildman–Crippen LogP) is -0.563. The molecule has 1 aliphatic rings. The first kappa shape index (κ1) is 9.53. The molecule has 0 bridgehead atoms. The lowest BCUT2D eigenvalue weighted by atomic mass is 10.2. The average Bonchev–Trinajstić information content (AvgIpc) is 2.42. The monoisotopic (exact) mass is 169 g/mol. The minimum atomic E-state index is -0.292. The first-order chi connectivity index (χ1) is 5.77. The van der Waals surface area contributed by atoms with Crippen molar-refractivity contribution in [2.24, 2.45) is 0 Å². The number of rotatable bonds is 3. The van der Waals surface area contributed by atoms with E-state index < -0.39 is 0 Å². The summed E-state index contributed by atoms with van der Waals surface area (Å²) in [7, 11) is 0. The third kappa shape index (κ3) is 2.21. The van der Waals surface area contributed by atoms with E-state index in [1.165, 1.54) is 0 Å². The molecule has 2 N–H and O–H groups in total. The zero-order chi connectivity index (χ0) is 8.97. The van der Waals surface area contributed by atoms with Crippen LogP contribution in [0.4, 0.5) is 0 Å². The van der Waals surface area contributed by atoms with Crippen LogP contribution in [0.3, 0.4) is 0 Å². The summed E-state index contributed by atoms with van der Waals surface area (Å²) in [5, 5.41) is 18.2. The maximum Gasteiger partial charge on any atom is 0.0683 e. The van der Waals surface area contributed by atoms with Gasteiger partial charge in [-0.2, -0.15) is 0 Å². The summed E-state index contributed by atoms with van der Waals surface area (Å²) in [4.78, 5) is 2.05. The van der Waals surface area contributed by atoms with Crippen molar-refractivity contribution in [3.05, 3.63) is 0 Å². The third-order valence-corrected chi connectivity index (χ3v) is 2.26. The highest BCUT2D eigenvalue weighted by molar-refractivity contribution is 4.89. The number of hydrogen-bond acceptors (Lipinski definition) is 3. The molecular formula is C9H15NO2. The number of likely N-dealkylation sites (tertiary alicyclic amines) is 1. The Morgan fingerprint density at radius 2 is 2.33 bits per heavy atom. The molecule has 1 saturated heterocycles. The van der Waals surface area contributed by atoms with Gasteiger partial charge in [0.15, 0.2) is 0 Å². The molecule has 3 heteroatoms. The molecule has 2 atom stereocenters. The fraction of sp³-hybridized carbons (Fsp3) is 0.778.